The second-order valence-corrected chi connectivity index (χ2v) is 6.56. The zero-order valence-corrected chi connectivity index (χ0v) is 16.4. The molecule has 0 radical (unpaired) electrons. The van der Waals surface area contributed by atoms with E-state index in [-0.39, 0.29) is 10.6 Å². The highest BCUT2D eigenvalue weighted by atomic mass is 35.5. The highest BCUT2D eigenvalue weighted by Gasteiger charge is 2.34. The van der Waals surface area contributed by atoms with Crippen LogP contribution >= 0.6 is 23.2 Å². The van der Waals surface area contributed by atoms with Gasteiger partial charge in [0.25, 0.3) is 11.8 Å². The van der Waals surface area contributed by atoms with Gasteiger partial charge < -0.3 is 9.47 Å². The molecule has 1 aliphatic rings. The van der Waals surface area contributed by atoms with E-state index in [9.17, 15) is 9.59 Å². The van der Waals surface area contributed by atoms with Crippen LogP contribution in [0.2, 0.25) is 10.0 Å². The molecule has 0 saturated carbocycles. The number of rotatable bonds is 6. The van der Waals surface area contributed by atoms with Gasteiger partial charge in [0.1, 0.15) is 12.2 Å². The van der Waals surface area contributed by atoms with Gasteiger partial charge in [0.15, 0.2) is 11.5 Å². The van der Waals surface area contributed by atoms with Crippen molar-refractivity contribution in [1.29, 1.82) is 0 Å². The first-order chi connectivity index (χ1) is 13.4. The van der Waals surface area contributed by atoms with Crippen molar-refractivity contribution in [1.82, 2.24) is 5.43 Å². The fraction of sp³-hybridized carbons (Fsp3) is 0.100. The summed E-state index contributed by atoms with van der Waals surface area (Å²) in [5.74, 6) is -0.0241. The molecule has 0 atom stereocenters. The lowest BCUT2D eigenvalue weighted by molar-refractivity contribution is -0.117. The van der Waals surface area contributed by atoms with Gasteiger partial charge in [-0.1, -0.05) is 41.9 Å². The van der Waals surface area contributed by atoms with Crippen molar-refractivity contribution >= 4 is 46.8 Å². The smallest absolute Gasteiger partial charge is 0.282 e. The first-order valence-electron chi connectivity index (χ1n) is 8.18. The number of hydrogen-bond donors (Lipinski definition) is 1. The third-order valence-corrected chi connectivity index (χ3v) is 4.65. The largest absolute Gasteiger partial charge is 0.493 e. The van der Waals surface area contributed by atoms with Crippen LogP contribution < -0.4 is 19.9 Å². The molecule has 1 fully saturated rings. The van der Waals surface area contributed by atoms with Gasteiger partial charge >= 0.3 is 0 Å². The number of anilines is 1. The molecule has 1 N–H and O–H groups in total. The normalized spacial score (nSPS) is 15.0. The van der Waals surface area contributed by atoms with Gasteiger partial charge in [-0.25, -0.2) is 5.01 Å². The van der Waals surface area contributed by atoms with E-state index in [1.807, 2.05) is 0 Å². The molecule has 0 aliphatic carbocycles. The lowest BCUT2D eigenvalue weighted by atomic mass is 10.1. The Morgan fingerprint density at radius 3 is 2.57 bits per heavy atom. The zero-order chi connectivity index (χ0) is 20.3. The number of nitrogens with one attached hydrogen (secondary N) is 1. The minimum Gasteiger partial charge on any atom is -0.493 e. The van der Waals surface area contributed by atoms with Crippen LogP contribution in [0.15, 0.2) is 54.6 Å². The van der Waals surface area contributed by atoms with E-state index in [0.717, 1.165) is 5.01 Å². The summed E-state index contributed by atoms with van der Waals surface area (Å²) in [4.78, 5) is 25.0. The molecule has 2 aromatic carbocycles. The van der Waals surface area contributed by atoms with Gasteiger partial charge in [0, 0.05) is 0 Å². The van der Waals surface area contributed by atoms with E-state index in [1.165, 1.54) is 19.3 Å². The summed E-state index contributed by atoms with van der Waals surface area (Å²) in [5, 5.41) is 1.75. The first-order valence-corrected chi connectivity index (χ1v) is 8.94. The van der Waals surface area contributed by atoms with Gasteiger partial charge in [-0.2, -0.15) is 0 Å². The van der Waals surface area contributed by atoms with Crippen molar-refractivity contribution in [2.75, 3.05) is 18.7 Å². The Hall–Kier alpha value is -2.96. The van der Waals surface area contributed by atoms with E-state index >= 15 is 0 Å². The monoisotopic (exact) mass is 418 g/mol. The van der Waals surface area contributed by atoms with Crippen molar-refractivity contribution in [3.63, 3.8) is 0 Å². The van der Waals surface area contributed by atoms with E-state index in [1.54, 1.807) is 36.4 Å². The molecule has 0 unspecified atom stereocenters. The quantitative estimate of drug-likeness (QED) is 0.436. The Morgan fingerprint density at radius 1 is 1.11 bits per heavy atom. The van der Waals surface area contributed by atoms with Crippen LogP contribution in [0.5, 0.6) is 11.5 Å². The molecule has 1 heterocycles. The van der Waals surface area contributed by atoms with Gasteiger partial charge in [0.2, 0.25) is 0 Å². The lowest BCUT2D eigenvalue weighted by Gasteiger charge is -2.15. The molecular weight excluding hydrogens is 403 g/mol. The van der Waals surface area contributed by atoms with Crippen LogP contribution in [0.25, 0.3) is 6.08 Å². The molecular formula is C20H16Cl2N2O4. The molecule has 28 heavy (non-hydrogen) atoms. The number of nitrogens with zero attached hydrogens (tertiary/aromatic N) is 1. The number of halogens is 2. The van der Waals surface area contributed by atoms with Crippen molar-refractivity contribution < 1.29 is 19.1 Å². The third kappa shape index (κ3) is 3.98. The van der Waals surface area contributed by atoms with Crippen LogP contribution in [-0.4, -0.2) is 25.5 Å². The molecule has 6 nitrogen and oxygen atoms in total. The summed E-state index contributed by atoms with van der Waals surface area (Å²) in [6.45, 7) is 3.93. The summed E-state index contributed by atoms with van der Waals surface area (Å²) < 4.78 is 10.8. The zero-order valence-electron chi connectivity index (χ0n) is 14.9. The van der Waals surface area contributed by atoms with Crippen LogP contribution in [0, 0.1) is 0 Å². The Bertz CT molecular complexity index is 988. The van der Waals surface area contributed by atoms with E-state index in [0.29, 0.717) is 34.4 Å². The average molecular weight is 419 g/mol. The summed E-state index contributed by atoms with van der Waals surface area (Å²) in [5.41, 5.74) is 3.51. The van der Waals surface area contributed by atoms with Crippen LogP contribution in [-0.2, 0) is 9.59 Å². The van der Waals surface area contributed by atoms with Gasteiger partial charge in [-0.3, -0.25) is 15.0 Å². The fourth-order valence-corrected chi connectivity index (χ4v) is 2.86. The van der Waals surface area contributed by atoms with Crippen molar-refractivity contribution in [3.8, 4) is 11.5 Å². The maximum absolute atomic E-state index is 12.7. The maximum atomic E-state index is 12.7. The molecule has 144 valence electrons. The topological polar surface area (TPSA) is 67.9 Å². The van der Waals surface area contributed by atoms with Gasteiger partial charge in [0.05, 0.1) is 22.8 Å². The predicted molar refractivity (Wildman–Crippen MR) is 109 cm³/mol. The minimum absolute atomic E-state index is 0.0205. The van der Waals surface area contributed by atoms with Crippen LogP contribution in [0.4, 0.5) is 5.69 Å². The number of methoxy groups -OCH3 is 1. The van der Waals surface area contributed by atoms with Crippen molar-refractivity contribution in [2.24, 2.45) is 0 Å². The van der Waals surface area contributed by atoms with Gasteiger partial charge in [-0.15, -0.1) is 0 Å². The SMILES string of the molecule is C=CCOc1ccc(C=C2C(=O)NN(c3ccc(Cl)c(Cl)c3)C2=O)cc1OC. The highest BCUT2D eigenvalue weighted by Crippen LogP contribution is 2.31. The number of benzene rings is 2. The number of amides is 2. The molecule has 0 bridgehead atoms. The molecule has 1 saturated heterocycles. The number of carbonyl (C=O) groups is 2. The minimum atomic E-state index is -0.526. The Labute approximate surface area is 171 Å². The molecule has 8 heteroatoms. The standard InChI is InChI=1S/C20H16Cl2N2O4/c1-3-8-28-17-7-4-12(10-18(17)27-2)9-14-19(25)23-24(20(14)26)13-5-6-15(21)16(22)11-13/h3-7,9-11H,1,8H2,2H3,(H,23,25). The number of hydrogen-bond acceptors (Lipinski definition) is 4. The molecule has 0 aromatic heterocycles. The van der Waals surface area contributed by atoms with E-state index in [2.05, 4.69) is 12.0 Å². The summed E-state index contributed by atoms with van der Waals surface area (Å²) in [6.07, 6.45) is 3.10. The van der Waals surface area contributed by atoms with Gasteiger partial charge in [-0.05, 0) is 42.0 Å². The summed E-state index contributed by atoms with van der Waals surface area (Å²) in [7, 11) is 1.51. The Kier molecular flexibility index (Phi) is 5.92. The third-order valence-electron chi connectivity index (χ3n) is 3.91. The Balaban J connectivity index is 1.89. The maximum Gasteiger partial charge on any atom is 0.282 e. The number of carbonyl (C=O) groups excluding carboxylic acids is 2. The molecule has 2 aromatic rings. The molecule has 2 amide bonds. The second kappa shape index (κ2) is 8.37. The van der Waals surface area contributed by atoms with E-state index in [4.69, 9.17) is 32.7 Å². The van der Waals surface area contributed by atoms with E-state index < -0.39 is 11.8 Å². The molecule has 0 spiro atoms. The lowest BCUT2D eigenvalue weighted by Crippen LogP contribution is -2.35. The van der Waals surface area contributed by atoms with Crippen molar-refractivity contribution in [2.45, 2.75) is 0 Å². The summed E-state index contributed by atoms with van der Waals surface area (Å²) >= 11 is 11.9. The van der Waals surface area contributed by atoms with Crippen LogP contribution in [0.3, 0.4) is 0 Å². The predicted octanol–water partition coefficient (Wildman–Crippen LogP) is 4.03. The number of hydrazine groups is 1. The first kappa shape index (κ1) is 19.8. The average Bonchev–Trinajstić information content (AvgIpc) is 2.97. The number of ether oxygens (including phenoxy) is 2. The van der Waals surface area contributed by atoms with Crippen molar-refractivity contribution in [3.05, 3.63) is 70.2 Å². The highest BCUT2D eigenvalue weighted by molar-refractivity contribution is 6.42. The summed E-state index contributed by atoms with van der Waals surface area (Å²) in [6, 6.07) is 9.73. The Morgan fingerprint density at radius 2 is 1.89 bits per heavy atom. The molecule has 1 aliphatic heterocycles. The second-order valence-electron chi connectivity index (χ2n) is 5.75. The molecule has 3 rings (SSSR count). The fourth-order valence-electron chi connectivity index (χ4n) is 2.57. The van der Waals surface area contributed by atoms with Crippen LogP contribution in [0.1, 0.15) is 5.56 Å².